The highest BCUT2D eigenvalue weighted by Crippen LogP contribution is 2.06. The lowest BCUT2D eigenvalue weighted by molar-refractivity contribution is 0.565. The molecule has 0 aliphatic heterocycles. The number of hydrogen-bond acceptors (Lipinski definition) is 2. The molecule has 0 aliphatic carbocycles. The molecule has 0 saturated heterocycles. The molecule has 0 spiro atoms. The van der Waals surface area contributed by atoms with Gasteiger partial charge in [-0.2, -0.15) is 4.99 Å². The van der Waals surface area contributed by atoms with Crippen LogP contribution in [0.4, 0.5) is 5.69 Å². The molecule has 0 bridgehead atoms. The number of isocyanates is 1. The van der Waals surface area contributed by atoms with Gasteiger partial charge in [0.15, 0.2) is 0 Å². The molecule has 0 N–H and O–H groups in total. The van der Waals surface area contributed by atoms with Crippen LogP contribution >= 0.6 is 0 Å². The van der Waals surface area contributed by atoms with E-state index >= 15 is 0 Å². The Bertz CT molecular complexity index is 280. The van der Waals surface area contributed by atoms with Gasteiger partial charge >= 0.3 is 0 Å². The van der Waals surface area contributed by atoms with Crippen LogP contribution in [-0.2, 0) is 4.79 Å². The number of aliphatic imine (C=N–C) groups is 1. The highest BCUT2D eigenvalue weighted by Gasteiger charge is 1.79. The van der Waals surface area contributed by atoms with Crippen LogP contribution < -0.4 is 0 Å². The molecule has 2 heteroatoms. The van der Waals surface area contributed by atoms with Crippen molar-refractivity contribution in [1.82, 2.24) is 0 Å². The zero-order valence-corrected chi connectivity index (χ0v) is 7.90. The number of para-hydroxylation sites is 1. The van der Waals surface area contributed by atoms with E-state index in [1.165, 1.54) is 6.08 Å². The molecule has 68 valence electrons. The van der Waals surface area contributed by atoms with Crippen molar-refractivity contribution in [2.45, 2.75) is 13.8 Å². The van der Waals surface area contributed by atoms with Gasteiger partial charge in [-0.15, -0.1) is 0 Å². The molecule has 1 aromatic carbocycles. The van der Waals surface area contributed by atoms with Crippen molar-refractivity contribution in [3.05, 3.63) is 42.5 Å². The lowest BCUT2D eigenvalue weighted by Crippen LogP contribution is -1.59. The monoisotopic (exact) mass is 175 g/mol. The first-order valence-corrected chi connectivity index (χ1v) is 4.05. The normalized spacial score (nSPS) is 8.46. The van der Waals surface area contributed by atoms with Gasteiger partial charge in [-0.3, -0.25) is 0 Å². The van der Waals surface area contributed by atoms with E-state index in [4.69, 9.17) is 0 Å². The van der Waals surface area contributed by atoms with Crippen LogP contribution in [0, 0.1) is 0 Å². The van der Waals surface area contributed by atoms with Gasteiger partial charge in [-0.1, -0.05) is 30.4 Å². The highest BCUT2D eigenvalue weighted by atomic mass is 16.1. The third kappa shape index (κ3) is 6.73. The van der Waals surface area contributed by atoms with Crippen LogP contribution in [0.2, 0.25) is 0 Å². The molecule has 0 unspecified atom stereocenters. The Kier molecular flexibility index (Phi) is 7.36. The third-order valence-corrected chi connectivity index (χ3v) is 1.26. The second-order valence-electron chi connectivity index (χ2n) is 2.21. The average Bonchev–Trinajstić information content (AvgIpc) is 2.20. The average molecular weight is 175 g/mol. The number of hydrogen-bond donors (Lipinski definition) is 0. The second kappa shape index (κ2) is 8.44. The fourth-order valence-corrected chi connectivity index (χ4v) is 0.555. The Morgan fingerprint density at radius 1 is 1.15 bits per heavy atom. The van der Waals surface area contributed by atoms with E-state index in [0.29, 0.717) is 5.69 Å². The summed E-state index contributed by atoms with van der Waals surface area (Å²) in [5.41, 5.74) is 0.646. The zero-order valence-electron chi connectivity index (χ0n) is 7.90. The van der Waals surface area contributed by atoms with Crippen molar-refractivity contribution in [2.75, 3.05) is 0 Å². The number of carbonyl (C=O) groups excluding carboxylic acids is 1. The van der Waals surface area contributed by atoms with Gasteiger partial charge in [0, 0.05) is 0 Å². The molecule has 0 atom stereocenters. The fourth-order valence-electron chi connectivity index (χ4n) is 0.555. The Labute approximate surface area is 78.6 Å². The molecule has 2 nitrogen and oxygen atoms in total. The van der Waals surface area contributed by atoms with Gasteiger partial charge in [-0.05, 0) is 26.0 Å². The standard InChI is InChI=1S/C7H5NO.C4H8/c9-6-8-7-4-2-1-3-5-7;1-3-4-2/h1-5H;3-4H,1-2H3. The molecule has 0 radical (unpaired) electrons. The number of benzene rings is 1. The Morgan fingerprint density at radius 2 is 1.69 bits per heavy atom. The number of allylic oxidation sites excluding steroid dienone is 2. The van der Waals surface area contributed by atoms with Gasteiger partial charge in [0.25, 0.3) is 0 Å². The van der Waals surface area contributed by atoms with Crippen LogP contribution in [0.1, 0.15) is 13.8 Å². The van der Waals surface area contributed by atoms with Gasteiger partial charge < -0.3 is 0 Å². The molecule has 0 heterocycles. The molecular weight excluding hydrogens is 162 g/mol. The van der Waals surface area contributed by atoms with Crippen LogP contribution in [-0.4, -0.2) is 6.08 Å². The molecule has 0 fully saturated rings. The minimum Gasteiger partial charge on any atom is -0.211 e. The van der Waals surface area contributed by atoms with Crippen LogP contribution in [0.3, 0.4) is 0 Å². The summed E-state index contributed by atoms with van der Waals surface area (Å²) < 4.78 is 0. The summed E-state index contributed by atoms with van der Waals surface area (Å²) in [6.07, 6.45) is 5.46. The second-order valence-corrected chi connectivity index (χ2v) is 2.21. The molecule has 13 heavy (non-hydrogen) atoms. The first-order valence-electron chi connectivity index (χ1n) is 4.05. The number of rotatable bonds is 1. The van der Waals surface area contributed by atoms with Gasteiger partial charge in [0.05, 0.1) is 5.69 Å². The van der Waals surface area contributed by atoms with E-state index in [9.17, 15) is 4.79 Å². The molecule has 1 aromatic rings. The van der Waals surface area contributed by atoms with Crippen molar-refractivity contribution in [1.29, 1.82) is 0 Å². The topological polar surface area (TPSA) is 29.4 Å². The summed E-state index contributed by atoms with van der Waals surface area (Å²) >= 11 is 0. The van der Waals surface area contributed by atoms with Crippen LogP contribution in [0.15, 0.2) is 47.5 Å². The largest absolute Gasteiger partial charge is 0.240 e. The smallest absolute Gasteiger partial charge is 0.211 e. The lowest BCUT2D eigenvalue weighted by atomic mass is 10.3. The molecule has 1 rings (SSSR count). The predicted molar refractivity (Wildman–Crippen MR) is 54.7 cm³/mol. The van der Waals surface area contributed by atoms with E-state index in [1.54, 1.807) is 12.1 Å². The minimum absolute atomic E-state index is 0.646. The fraction of sp³-hybridized carbons (Fsp3) is 0.182. The van der Waals surface area contributed by atoms with Crippen molar-refractivity contribution < 1.29 is 4.79 Å². The predicted octanol–water partition coefficient (Wildman–Crippen LogP) is 3.24. The van der Waals surface area contributed by atoms with Crippen molar-refractivity contribution in [3.63, 3.8) is 0 Å². The molecule has 0 amide bonds. The molecular formula is C11H13NO. The highest BCUT2D eigenvalue weighted by molar-refractivity contribution is 5.47. The minimum atomic E-state index is 0.646. The van der Waals surface area contributed by atoms with Gasteiger partial charge in [-0.25, -0.2) is 4.79 Å². The summed E-state index contributed by atoms with van der Waals surface area (Å²) in [6.45, 7) is 4.00. The van der Waals surface area contributed by atoms with E-state index in [0.717, 1.165) is 0 Å². The lowest BCUT2D eigenvalue weighted by Gasteiger charge is -1.83. The Hall–Kier alpha value is -1.66. The van der Waals surface area contributed by atoms with Gasteiger partial charge in [0.2, 0.25) is 6.08 Å². The maximum absolute atomic E-state index is 9.68. The molecule has 0 aromatic heterocycles. The van der Waals surface area contributed by atoms with E-state index in [-0.39, 0.29) is 0 Å². The van der Waals surface area contributed by atoms with Crippen LogP contribution in [0.5, 0.6) is 0 Å². The SMILES string of the molecule is CC=CC.O=C=Nc1ccccc1. The first-order chi connectivity index (χ1) is 6.35. The summed E-state index contributed by atoms with van der Waals surface area (Å²) in [6, 6.07) is 8.98. The van der Waals surface area contributed by atoms with E-state index < -0.39 is 0 Å². The summed E-state index contributed by atoms with van der Waals surface area (Å²) in [5, 5.41) is 0. The first kappa shape index (κ1) is 11.3. The maximum atomic E-state index is 9.68. The third-order valence-electron chi connectivity index (χ3n) is 1.26. The Morgan fingerprint density at radius 3 is 2.08 bits per heavy atom. The summed E-state index contributed by atoms with van der Waals surface area (Å²) in [4.78, 5) is 13.1. The molecule has 0 saturated carbocycles. The Balaban J connectivity index is 0.000000310. The van der Waals surface area contributed by atoms with E-state index in [2.05, 4.69) is 4.99 Å². The van der Waals surface area contributed by atoms with Crippen LogP contribution in [0.25, 0.3) is 0 Å². The van der Waals surface area contributed by atoms with Crippen molar-refractivity contribution in [2.24, 2.45) is 4.99 Å². The van der Waals surface area contributed by atoms with E-state index in [1.807, 2.05) is 44.2 Å². The number of nitrogens with zero attached hydrogens (tertiary/aromatic N) is 1. The zero-order chi connectivity index (χ0) is 9.94. The van der Waals surface area contributed by atoms with Crippen molar-refractivity contribution >= 4 is 11.8 Å². The molecule has 0 aliphatic rings. The summed E-state index contributed by atoms with van der Waals surface area (Å²) in [5.74, 6) is 0. The maximum Gasteiger partial charge on any atom is 0.240 e. The quantitative estimate of drug-likeness (QED) is 0.366. The van der Waals surface area contributed by atoms with Crippen molar-refractivity contribution in [3.8, 4) is 0 Å². The van der Waals surface area contributed by atoms with Gasteiger partial charge in [0.1, 0.15) is 0 Å². The summed E-state index contributed by atoms with van der Waals surface area (Å²) in [7, 11) is 0.